The van der Waals surface area contributed by atoms with Crippen LogP contribution in [0.2, 0.25) is 5.02 Å². The molecule has 1 saturated heterocycles. The van der Waals surface area contributed by atoms with Crippen molar-refractivity contribution in [3.8, 4) is 22.7 Å². The number of carbonyl (C=O) groups is 1. The molecule has 0 saturated carbocycles. The van der Waals surface area contributed by atoms with Crippen molar-refractivity contribution in [1.82, 2.24) is 24.4 Å². The van der Waals surface area contributed by atoms with Gasteiger partial charge < -0.3 is 20.2 Å². The lowest BCUT2D eigenvalue weighted by atomic mass is 10.0. The van der Waals surface area contributed by atoms with Gasteiger partial charge in [0.25, 0.3) is 0 Å². The van der Waals surface area contributed by atoms with Crippen molar-refractivity contribution in [2.75, 3.05) is 29.9 Å². The highest BCUT2D eigenvalue weighted by atomic mass is 35.5. The number of carbonyl (C=O) groups excluding carboxylic acids is 1. The van der Waals surface area contributed by atoms with Crippen molar-refractivity contribution in [2.45, 2.75) is 52.1 Å². The fourth-order valence-corrected chi connectivity index (χ4v) is 6.62. The third-order valence-electron chi connectivity index (χ3n) is 8.45. The Labute approximate surface area is 258 Å². The minimum atomic E-state index is -0.711. The Balaban J connectivity index is 1.73. The van der Waals surface area contributed by atoms with Gasteiger partial charge in [0.15, 0.2) is 5.65 Å². The molecule has 2 atom stereocenters. The van der Waals surface area contributed by atoms with Gasteiger partial charge >= 0.3 is 5.69 Å². The van der Waals surface area contributed by atoms with Crippen LogP contribution in [-0.2, 0) is 4.79 Å². The van der Waals surface area contributed by atoms with E-state index in [-0.39, 0.29) is 51.6 Å². The number of pyridine rings is 2. The molecule has 0 aliphatic carbocycles. The molecule has 12 heteroatoms. The number of halogens is 2. The van der Waals surface area contributed by atoms with E-state index in [4.69, 9.17) is 16.6 Å². The van der Waals surface area contributed by atoms with Crippen molar-refractivity contribution >= 4 is 40.0 Å². The Bertz CT molecular complexity index is 1870. The van der Waals surface area contributed by atoms with Gasteiger partial charge in [0.2, 0.25) is 5.91 Å². The molecule has 10 nitrogen and oxygen atoms in total. The maximum atomic E-state index is 15.3. The first-order chi connectivity index (χ1) is 21.0. The number of nitrogens with zero attached hydrogens (tertiary/aromatic N) is 6. The molecule has 0 spiro atoms. The number of hydrogen-bond donors (Lipinski definition) is 2. The lowest BCUT2D eigenvalue weighted by Crippen LogP contribution is -2.60. The lowest BCUT2D eigenvalue weighted by molar-refractivity contribution is -0.128. The molecule has 4 aromatic rings. The van der Waals surface area contributed by atoms with Gasteiger partial charge in [-0.15, -0.1) is 0 Å². The Morgan fingerprint density at radius 2 is 2.02 bits per heavy atom. The molecular weight excluding hydrogens is 585 g/mol. The fraction of sp³-hybridized carbons (Fsp3) is 0.344. The molecule has 44 heavy (non-hydrogen) atoms. The van der Waals surface area contributed by atoms with E-state index in [1.807, 2.05) is 38.7 Å². The predicted octanol–water partition coefficient (Wildman–Crippen LogP) is 5.18. The van der Waals surface area contributed by atoms with Crippen LogP contribution in [-0.4, -0.2) is 67.2 Å². The minimum Gasteiger partial charge on any atom is -0.507 e. The molecule has 0 radical (unpaired) electrons. The first-order valence-corrected chi connectivity index (χ1v) is 14.9. The Morgan fingerprint density at radius 1 is 1.25 bits per heavy atom. The first kappa shape index (κ1) is 29.6. The summed E-state index contributed by atoms with van der Waals surface area (Å²) in [6.45, 7) is 12.7. The molecule has 3 aromatic heterocycles. The van der Waals surface area contributed by atoms with E-state index < -0.39 is 11.5 Å². The number of amides is 1. The Kier molecular flexibility index (Phi) is 7.53. The average molecular weight is 618 g/mol. The van der Waals surface area contributed by atoms with E-state index >= 15 is 4.39 Å². The van der Waals surface area contributed by atoms with Crippen LogP contribution in [0.25, 0.3) is 28.0 Å². The van der Waals surface area contributed by atoms with Crippen LogP contribution in [0, 0.1) is 12.7 Å². The van der Waals surface area contributed by atoms with Crippen molar-refractivity contribution in [3.63, 3.8) is 0 Å². The van der Waals surface area contributed by atoms with E-state index in [2.05, 4.69) is 21.9 Å². The van der Waals surface area contributed by atoms with Gasteiger partial charge in [0.05, 0.1) is 33.0 Å². The number of nitrogens with one attached hydrogen (secondary N) is 1. The van der Waals surface area contributed by atoms with Gasteiger partial charge in [-0.3, -0.25) is 9.78 Å². The van der Waals surface area contributed by atoms with Gasteiger partial charge in [0.1, 0.15) is 23.1 Å². The first-order valence-electron chi connectivity index (χ1n) is 14.6. The molecule has 6 rings (SSSR count). The Hall–Kier alpha value is -4.51. The van der Waals surface area contributed by atoms with E-state index in [0.29, 0.717) is 54.3 Å². The zero-order valence-electron chi connectivity index (χ0n) is 24.9. The number of aromatic nitrogens is 4. The lowest BCUT2D eigenvalue weighted by Gasteiger charge is -2.46. The summed E-state index contributed by atoms with van der Waals surface area (Å²) in [6, 6.07) is 5.42. The number of fused-ring (bicyclic) bond motifs is 2. The third-order valence-corrected chi connectivity index (χ3v) is 8.82. The van der Waals surface area contributed by atoms with Gasteiger partial charge in [-0.05, 0) is 56.0 Å². The summed E-state index contributed by atoms with van der Waals surface area (Å²) in [5.74, 6) is -0.883. The normalized spacial score (nSPS) is 18.1. The highest BCUT2D eigenvalue weighted by Gasteiger charge is 2.38. The van der Waals surface area contributed by atoms with E-state index in [0.717, 1.165) is 5.56 Å². The monoisotopic (exact) mass is 617 g/mol. The summed E-state index contributed by atoms with van der Waals surface area (Å²) in [4.78, 5) is 44.8. The van der Waals surface area contributed by atoms with Crippen LogP contribution < -0.4 is 15.9 Å². The minimum absolute atomic E-state index is 0.0119. The second-order valence-electron chi connectivity index (χ2n) is 11.6. The third kappa shape index (κ3) is 4.66. The second-order valence-corrected chi connectivity index (χ2v) is 12.0. The summed E-state index contributed by atoms with van der Waals surface area (Å²) in [6.07, 6.45) is 3.60. The molecule has 228 valence electrons. The number of piperazine rings is 1. The summed E-state index contributed by atoms with van der Waals surface area (Å²) >= 11 is 7.02. The van der Waals surface area contributed by atoms with Gasteiger partial charge in [-0.2, -0.15) is 4.98 Å². The van der Waals surface area contributed by atoms with Gasteiger partial charge in [-0.1, -0.05) is 38.1 Å². The van der Waals surface area contributed by atoms with Crippen LogP contribution in [0.15, 0.2) is 47.9 Å². The number of anilines is 2. The van der Waals surface area contributed by atoms with E-state index in [9.17, 15) is 14.7 Å². The summed E-state index contributed by atoms with van der Waals surface area (Å²) < 4.78 is 16.7. The molecular formula is C32H33ClFN7O3. The number of phenolic OH excluding ortho intramolecular Hbond substituents is 1. The largest absolute Gasteiger partial charge is 0.507 e. The van der Waals surface area contributed by atoms with Crippen LogP contribution in [0.4, 0.5) is 15.9 Å². The van der Waals surface area contributed by atoms with Crippen molar-refractivity contribution in [2.24, 2.45) is 0 Å². The molecule has 0 bridgehead atoms. The summed E-state index contributed by atoms with van der Waals surface area (Å²) in [5, 5.41) is 14.7. The fourth-order valence-electron chi connectivity index (χ4n) is 6.32. The van der Waals surface area contributed by atoms with Gasteiger partial charge in [-0.25, -0.2) is 18.7 Å². The molecule has 1 aromatic carbocycles. The average Bonchev–Trinajstić information content (AvgIpc) is 2.97. The molecule has 5 heterocycles. The van der Waals surface area contributed by atoms with Crippen LogP contribution >= 0.6 is 11.6 Å². The predicted molar refractivity (Wildman–Crippen MR) is 169 cm³/mol. The molecule has 2 unspecified atom stereocenters. The quantitative estimate of drug-likeness (QED) is 0.301. The van der Waals surface area contributed by atoms with Crippen LogP contribution in [0.3, 0.4) is 0 Å². The SMILES string of the molecule is C=CC(=O)N1CC2CCNc3c(Cl)c(-c4c(O)cccc4F)nc4c3c(nc(=O)n4-c3c(C)ccnc3C(C)C)N2CC1C. The standard InChI is InChI=1S/C32H33ClFN7O3/c1-6-22(43)39-15-19-11-13-36-27-24-30(40(19)14-18(39)5)38-32(44)41(29-17(4)10-12-35-26(29)16(2)3)31(24)37-28(25(27)33)23-20(34)8-7-9-21(23)42/h6-10,12,16,18-19,36,42H,1,11,13-15H2,2-5H3. The maximum absolute atomic E-state index is 15.3. The highest BCUT2D eigenvalue weighted by molar-refractivity contribution is 6.37. The Morgan fingerprint density at radius 3 is 2.73 bits per heavy atom. The number of phenols is 1. The highest BCUT2D eigenvalue weighted by Crippen LogP contribution is 2.45. The van der Waals surface area contributed by atoms with Crippen molar-refractivity contribution in [3.05, 3.63) is 75.7 Å². The molecule has 2 aliphatic rings. The van der Waals surface area contributed by atoms with Gasteiger partial charge in [0, 0.05) is 37.9 Å². The number of benzene rings is 1. The number of aromatic hydroxyl groups is 1. The van der Waals surface area contributed by atoms with E-state index in [1.54, 1.807) is 11.1 Å². The zero-order chi connectivity index (χ0) is 31.4. The topological polar surface area (TPSA) is 116 Å². The zero-order valence-corrected chi connectivity index (χ0v) is 25.7. The summed E-state index contributed by atoms with van der Waals surface area (Å²) in [5.41, 5.74) is 1.82. The maximum Gasteiger partial charge on any atom is 0.355 e. The van der Waals surface area contributed by atoms with Crippen LogP contribution in [0.5, 0.6) is 5.75 Å². The second kappa shape index (κ2) is 11.2. The van der Waals surface area contributed by atoms with E-state index in [1.165, 1.54) is 28.8 Å². The number of hydrogen-bond acceptors (Lipinski definition) is 8. The summed E-state index contributed by atoms with van der Waals surface area (Å²) in [7, 11) is 0. The number of rotatable bonds is 4. The molecule has 1 fully saturated rings. The van der Waals surface area contributed by atoms with Crippen molar-refractivity contribution < 1.29 is 14.3 Å². The molecule has 2 N–H and O–H groups in total. The molecule has 2 aliphatic heterocycles. The van der Waals surface area contributed by atoms with Crippen LogP contribution in [0.1, 0.15) is 44.4 Å². The number of aryl methyl sites for hydroxylation is 1. The molecule has 1 amide bonds. The smallest absolute Gasteiger partial charge is 0.355 e. The van der Waals surface area contributed by atoms with Crippen molar-refractivity contribution in [1.29, 1.82) is 0 Å².